The van der Waals surface area contributed by atoms with Crippen LogP contribution in [0.2, 0.25) is 0 Å². The monoisotopic (exact) mass is 265 g/mol. The quantitative estimate of drug-likeness (QED) is 0.630. The Morgan fingerprint density at radius 3 is 2.68 bits per heavy atom. The minimum Gasteiger partial charge on any atom is -0.324 e. The Bertz CT molecular complexity index is 488. The highest BCUT2D eigenvalue weighted by atomic mass is 16.6. The van der Waals surface area contributed by atoms with Crippen molar-refractivity contribution in [1.82, 2.24) is 0 Å². The molecule has 0 spiro atoms. The van der Waals surface area contributed by atoms with Gasteiger partial charge in [0.25, 0.3) is 5.69 Å². The molecule has 0 heterocycles. The summed E-state index contributed by atoms with van der Waals surface area (Å²) >= 11 is 0. The number of rotatable bonds is 5. The van der Waals surface area contributed by atoms with E-state index in [4.69, 9.17) is 5.73 Å². The van der Waals surface area contributed by atoms with Gasteiger partial charge < -0.3 is 11.1 Å². The summed E-state index contributed by atoms with van der Waals surface area (Å²) in [4.78, 5) is 22.3. The molecule has 1 amide bonds. The molecule has 0 aliphatic rings. The summed E-state index contributed by atoms with van der Waals surface area (Å²) in [5, 5.41) is 13.5. The van der Waals surface area contributed by atoms with Gasteiger partial charge in [0.1, 0.15) is 0 Å². The molecule has 0 fully saturated rings. The number of nitro groups is 1. The molecule has 1 aromatic carbocycles. The number of carbonyl (C=O) groups is 1. The zero-order chi connectivity index (χ0) is 14.6. The van der Waals surface area contributed by atoms with Crippen molar-refractivity contribution in [2.75, 3.05) is 5.32 Å². The fraction of sp³-hybridized carbons (Fsp3) is 0.462. The Balaban J connectivity index is 2.92. The Hall–Kier alpha value is -1.95. The van der Waals surface area contributed by atoms with Crippen LogP contribution < -0.4 is 11.1 Å². The molecule has 0 saturated carbocycles. The number of nitrogens with one attached hydrogen (secondary N) is 1. The Kier molecular flexibility index (Phi) is 5.00. The van der Waals surface area contributed by atoms with E-state index in [1.807, 2.05) is 13.8 Å². The van der Waals surface area contributed by atoms with Crippen LogP contribution in [-0.4, -0.2) is 16.9 Å². The van der Waals surface area contributed by atoms with Gasteiger partial charge in [0.15, 0.2) is 0 Å². The van der Waals surface area contributed by atoms with Gasteiger partial charge in [-0.1, -0.05) is 26.3 Å². The zero-order valence-electron chi connectivity index (χ0n) is 11.3. The van der Waals surface area contributed by atoms with E-state index >= 15 is 0 Å². The number of nitrogens with two attached hydrogens (primary N) is 1. The van der Waals surface area contributed by atoms with Crippen LogP contribution in [0.4, 0.5) is 11.4 Å². The van der Waals surface area contributed by atoms with Crippen molar-refractivity contribution in [3.8, 4) is 0 Å². The first-order valence-electron chi connectivity index (χ1n) is 6.18. The second kappa shape index (κ2) is 6.29. The topological polar surface area (TPSA) is 98.3 Å². The van der Waals surface area contributed by atoms with E-state index in [1.165, 1.54) is 12.1 Å². The van der Waals surface area contributed by atoms with E-state index in [1.54, 1.807) is 13.0 Å². The van der Waals surface area contributed by atoms with Crippen LogP contribution in [0.15, 0.2) is 18.2 Å². The number of hydrogen-bond donors (Lipinski definition) is 2. The summed E-state index contributed by atoms with van der Waals surface area (Å²) < 4.78 is 0. The van der Waals surface area contributed by atoms with E-state index in [-0.39, 0.29) is 17.5 Å². The van der Waals surface area contributed by atoms with Gasteiger partial charge >= 0.3 is 0 Å². The largest absolute Gasteiger partial charge is 0.324 e. The van der Waals surface area contributed by atoms with Crippen molar-refractivity contribution in [2.45, 2.75) is 33.2 Å². The van der Waals surface area contributed by atoms with E-state index in [2.05, 4.69) is 5.32 Å². The van der Waals surface area contributed by atoms with Crippen molar-refractivity contribution in [3.05, 3.63) is 33.9 Å². The molecule has 1 rings (SSSR count). The molecule has 19 heavy (non-hydrogen) atoms. The first-order valence-corrected chi connectivity index (χ1v) is 6.18. The molecule has 6 heteroatoms. The highest BCUT2D eigenvalue weighted by molar-refractivity contribution is 5.95. The summed E-state index contributed by atoms with van der Waals surface area (Å²) in [7, 11) is 0. The molecule has 0 aromatic heterocycles. The molecule has 1 aromatic rings. The molecule has 2 atom stereocenters. The molecule has 0 radical (unpaired) electrons. The third-order valence-corrected chi connectivity index (χ3v) is 3.32. The summed E-state index contributed by atoms with van der Waals surface area (Å²) in [6, 6.07) is 3.95. The van der Waals surface area contributed by atoms with Gasteiger partial charge in [-0.15, -0.1) is 0 Å². The molecule has 6 nitrogen and oxygen atoms in total. The predicted molar refractivity (Wildman–Crippen MR) is 73.9 cm³/mol. The van der Waals surface area contributed by atoms with Crippen LogP contribution in [0, 0.1) is 23.0 Å². The summed E-state index contributed by atoms with van der Waals surface area (Å²) in [6.45, 7) is 5.45. The molecule has 0 bridgehead atoms. The van der Waals surface area contributed by atoms with Crippen LogP contribution in [0.3, 0.4) is 0 Å². The highest BCUT2D eigenvalue weighted by Crippen LogP contribution is 2.25. The lowest BCUT2D eigenvalue weighted by Gasteiger charge is -2.18. The van der Waals surface area contributed by atoms with E-state index in [0.29, 0.717) is 11.3 Å². The number of anilines is 1. The van der Waals surface area contributed by atoms with E-state index < -0.39 is 11.0 Å². The normalized spacial score (nSPS) is 13.7. The molecule has 3 N–H and O–H groups in total. The molecule has 0 aliphatic heterocycles. The van der Waals surface area contributed by atoms with Gasteiger partial charge in [0.05, 0.1) is 22.2 Å². The van der Waals surface area contributed by atoms with Crippen LogP contribution in [0.1, 0.15) is 25.8 Å². The van der Waals surface area contributed by atoms with Crippen molar-refractivity contribution >= 4 is 17.3 Å². The van der Waals surface area contributed by atoms with Crippen molar-refractivity contribution in [1.29, 1.82) is 0 Å². The Labute approximate surface area is 112 Å². The zero-order valence-corrected chi connectivity index (χ0v) is 11.3. The lowest BCUT2D eigenvalue weighted by Crippen LogP contribution is -2.40. The minimum absolute atomic E-state index is 0.0186. The third kappa shape index (κ3) is 3.51. The van der Waals surface area contributed by atoms with Crippen LogP contribution in [-0.2, 0) is 4.79 Å². The number of benzene rings is 1. The molecular weight excluding hydrogens is 246 g/mol. The number of nitrogens with zero attached hydrogens (tertiary/aromatic N) is 1. The summed E-state index contributed by atoms with van der Waals surface area (Å²) in [6.07, 6.45) is 0.794. The maximum Gasteiger partial charge on any atom is 0.274 e. The predicted octanol–water partition coefficient (Wildman–Crippen LogP) is 2.22. The van der Waals surface area contributed by atoms with Gasteiger partial charge in [-0.05, 0) is 18.9 Å². The van der Waals surface area contributed by atoms with E-state index in [0.717, 1.165) is 6.42 Å². The van der Waals surface area contributed by atoms with Gasteiger partial charge in [0.2, 0.25) is 5.91 Å². The highest BCUT2D eigenvalue weighted by Gasteiger charge is 2.21. The molecule has 104 valence electrons. The average molecular weight is 265 g/mol. The maximum absolute atomic E-state index is 11.9. The maximum atomic E-state index is 11.9. The van der Waals surface area contributed by atoms with Gasteiger partial charge in [0, 0.05) is 6.07 Å². The smallest absolute Gasteiger partial charge is 0.274 e. The van der Waals surface area contributed by atoms with Crippen molar-refractivity contribution in [2.24, 2.45) is 11.7 Å². The number of nitro benzene ring substituents is 1. The number of carbonyl (C=O) groups excluding carboxylic acids is 1. The SMILES string of the molecule is CC[C@H](C)[C@H](N)C(=O)Nc1cccc([N+](=O)[O-])c1C. The average Bonchev–Trinajstić information content (AvgIpc) is 2.38. The first kappa shape index (κ1) is 15.1. The van der Waals surface area contributed by atoms with Gasteiger partial charge in [-0.3, -0.25) is 14.9 Å². The number of amides is 1. The summed E-state index contributed by atoms with van der Waals surface area (Å²) in [5.74, 6) is -0.267. The fourth-order valence-electron chi connectivity index (χ4n) is 1.69. The second-order valence-electron chi connectivity index (χ2n) is 4.61. The summed E-state index contributed by atoms with van der Waals surface area (Å²) in [5.41, 5.74) is 6.66. The lowest BCUT2D eigenvalue weighted by atomic mass is 9.99. The second-order valence-corrected chi connectivity index (χ2v) is 4.61. The van der Waals surface area contributed by atoms with Gasteiger partial charge in [-0.2, -0.15) is 0 Å². The number of hydrogen-bond acceptors (Lipinski definition) is 4. The first-order chi connectivity index (χ1) is 8.88. The Morgan fingerprint density at radius 1 is 1.53 bits per heavy atom. The van der Waals surface area contributed by atoms with E-state index in [9.17, 15) is 14.9 Å². The standard InChI is InChI=1S/C13H19N3O3/c1-4-8(2)12(14)13(17)15-10-6-5-7-11(9(10)3)16(18)19/h5-8,12H,4,14H2,1-3H3,(H,15,17)/t8-,12-/m0/s1. The van der Waals surface area contributed by atoms with Gasteiger partial charge in [-0.25, -0.2) is 0 Å². The minimum atomic E-state index is -0.622. The molecule has 0 unspecified atom stereocenters. The van der Waals surface area contributed by atoms with Crippen molar-refractivity contribution in [3.63, 3.8) is 0 Å². The van der Waals surface area contributed by atoms with Crippen LogP contribution in [0.5, 0.6) is 0 Å². The molecule has 0 saturated heterocycles. The molecular formula is C13H19N3O3. The lowest BCUT2D eigenvalue weighted by molar-refractivity contribution is -0.385. The Morgan fingerprint density at radius 2 is 2.16 bits per heavy atom. The third-order valence-electron chi connectivity index (χ3n) is 3.32. The molecule has 0 aliphatic carbocycles. The van der Waals surface area contributed by atoms with Crippen LogP contribution >= 0.6 is 0 Å². The fourth-order valence-corrected chi connectivity index (χ4v) is 1.69. The van der Waals surface area contributed by atoms with Crippen molar-refractivity contribution < 1.29 is 9.72 Å². The van der Waals surface area contributed by atoms with Crippen LogP contribution in [0.25, 0.3) is 0 Å².